The second kappa shape index (κ2) is 4.34. The predicted molar refractivity (Wildman–Crippen MR) is 64.6 cm³/mol. The molecule has 1 aliphatic heterocycles. The Morgan fingerprint density at radius 1 is 1.47 bits per heavy atom. The average Bonchev–Trinajstić information content (AvgIpc) is 2.83. The molecule has 2 N–H and O–H groups in total. The van der Waals surface area contributed by atoms with E-state index in [0.717, 1.165) is 6.20 Å². The summed E-state index contributed by atoms with van der Waals surface area (Å²) >= 11 is 0. The molecule has 1 unspecified atom stereocenters. The highest BCUT2D eigenvalue weighted by Gasteiger charge is 2.27. The van der Waals surface area contributed by atoms with Crippen LogP contribution in [0.4, 0.5) is 10.2 Å². The second-order valence-electron chi connectivity index (χ2n) is 4.29. The van der Waals surface area contributed by atoms with E-state index in [4.69, 9.17) is 5.11 Å². The average molecular weight is 262 g/mol. The fourth-order valence-electron chi connectivity index (χ4n) is 2.24. The molecule has 0 spiro atoms. The van der Waals surface area contributed by atoms with Crippen LogP contribution in [0.1, 0.15) is 28.5 Å². The monoisotopic (exact) mass is 262 g/mol. The highest BCUT2D eigenvalue weighted by Crippen LogP contribution is 2.30. The molecule has 0 aliphatic carbocycles. The molecular formula is C12H11FN4O2. The maximum Gasteiger partial charge on any atom is 0.341 e. The van der Waals surface area contributed by atoms with Crippen LogP contribution in [-0.2, 0) is 0 Å². The fraction of sp³-hybridized carbons (Fsp3) is 0.250. The van der Waals surface area contributed by atoms with Crippen molar-refractivity contribution in [3.05, 3.63) is 41.6 Å². The molecule has 0 saturated carbocycles. The van der Waals surface area contributed by atoms with Crippen LogP contribution in [0, 0.1) is 5.82 Å². The maximum atomic E-state index is 12.9. The first-order valence-electron chi connectivity index (χ1n) is 5.83. The molecule has 2 aromatic heterocycles. The standard InChI is InChI=1S/C12H11FN4O2/c13-7-1-2-9(15-5-7)10-3-4-14-11-8(12(18)19)6-16-17(10)11/h1-2,5-6,10,14H,3-4H2,(H,18,19). The molecule has 19 heavy (non-hydrogen) atoms. The molecule has 0 bridgehead atoms. The van der Waals surface area contributed by atoms with Crippen LogP contribution in [0.2, 0.25) is 0 Å². The number of anilines is 1. The van der Waals surface area contributed by atoms with E-state index in [2.05, 4.69) is 15.4 Å². The number of fused-ring (bicyclic) bond motifs is 1. The van der Waals surface area contributed by atoms with E-state index < -0.39 is 11.8 Å². The number of carboxylic acid groups (broad SMARTS) is 1. The van der Waals surface area contributed by atoms with Crippen LogP contribution in [0.25, 0.3) is 0 Å². The minimum Gasteiger partial charge on any atom is -0.477 e. The van der Waals surface area contributed by atoms with Gasteiger partial charge in [-0.15, -0.1) is 0 Å². The van der Waals surface area contributed by atoms with Crippen molar-refractivity contribution in [3.8, 4) is 0 Å². The number of halogens is 1. The van der Waals surface area contributed by atoms with Crippen LogP contribution in [0.15, 0.2) is 24.5 Å². The lowest BCUT2D eigenvalue weighted by Gasteiger charge is -2.25. The van der Waals surface area contributed by atoms with Crippen molar-refractivity contribution in [2.75, 3.05) is 11.9 Å². The highest BCUT2D eigenvalue weighted by atomic mass is 19.1. The summed E-state index contributed by atoms with van der Waals surface area (Å²) in [6, 6.07) is 2.76. The number of nitrogens with one attached hydrogen (secondary N) is 1. The number of nitrogens with zero attached hydrogens (tertiary/aromatic N) is 3. The van der Waals surface area contributed by atoms with Gasteiger partial charge in [0.25, 0.3) is 0 Å². The molecule has 7 heteroatoms. The van der Waals surface area contributed by atoms with Gasteiger partial charge in [-0.1, -0.05) is 0 Å². The van der Waals surface area contributed by atoms with Gasteiger partial charge in [0.15, 0.2) is 0 Å². The van der Waals surface area contributed by atoms with Gasteiger partial charge in [0.2, 0.25) is 0 Å². The molecular weight excluding hydrogens is 251 g/mol. The Kier molecular flexibility index (Phi) is 2.66. The second-order valence-corrected chi connectivity index (χ2v) is 4.29. The third-order valence-corrected chi connectivity index (χ3v) is 3.12. The van der Waals surface area contributed by atoms with Gasteiger partial charge < -0.3 is 10.4 Å². The summed E-state index contributed by atoms with van der Waals surface area (Å²) in [5.41, 5.74) is 0.802. The van der Waals surface area contributed by atoms with E-state index in [1.165, 1.54) is 12.3 Å². The number of hydrogen-bond donors (Lipinski definition) is 2. The largest absolute Gasteiger partial charge is 0.477 e. The van der Waals surface area contributed by atoms with E-state index in [1.54, 1.807) is 10.7 Å². The first-order valence-corrected chi connectivity index (χ1v) is 5.83. The van der Waals surface area contributed by atoms with Crippen LogP contribution < -0.4 is 5.32 Å². The molecule has 98 valence electrons. The lowest BCUT2D eigenvalue weighted by Crippen LogP contribution is -2.26. The topological polar surface area (TPSA) is 80.0 Å². The van der Waals surface area contributed by atoms with Crippen molar-refractivity contribution in [2.24, 2.45) is 0 Å². The summed E-state index contributed by atoms with van der Waals surface area (Å²) in [4.78, 5) is 15.1. The van der Waals surface area contributed by atoms with Crippen LogP contribution >= 0.6 is 0 Å². The van der Waals surface area contributed by atoms with E-state index in [0.29, 0.717) is 24.5 Å². The Labute approximate surface area is 107 Å². The molecule has 1 aliphatic rings. The van der Waals surface area contributed by atoms with Gasteiger partial charge in [0, 0.05) is 6.54 Å². The summed E-state index contributed by atoms with van der Waals surface area (Å²) in [6.07, 6.45) is 3.18. The smallest absolute Gasteiger partial charge is 0.341 e. The van der Waals surface area contributed by atoms with Gasteiger partial charge in [-0.3, -0.25) is 4.98 Å². The number of aromatic nitrogens is 3. The van der Waals surface area contributed by atoms with Crippen molar-refractivity contribution in [1.82, 2.24) is 14.8 Å². The SMILES string of the molecule is O=C(O)c1cnn2c1NCCC2c1ccc(F)cn1. The molecule has 0 amide bonds. The Bertz CT molecular complexity index is 623. The zero-order valence-electron chi connectivity index (χ0n) is 9.88. The predicted octanol–water partition coefficient (Wildman–Crippen LogP) is 1.52. The Morgan fingerprint density at radius 3 is 3.00 bits per heavy atom. The van der Waals surface area contributed by atoms with E-state index >= 15 is 0 Å². The van der Waals surface area contributed by atoms with Gasteiger partial charge >= 0.3 is 5.97 Å². The highest BCUT2D eigenvalue weighted by molar-refractivity contribution is 5.93. The summed E-state index contributed by atoms with van der Waals surface area (Å²) in [5.74, 6) is -0.957. The van der Waals surface area contributed by atoms with E-state index in [1.807, 2.05) is 0 Å². The van der Waals surface area contributed by atoms with Crippen molar-refractivity contribution >= 4 is 11.8 Å². The minimum atomic E-state index is -1.03. The van der Waals surface area contributed by atoms with E-state index in [-0.39, 0.29) is 11.6 Å². The molecule has 3 heterocycles. The van der Waals surface area contributed by atoms with Gasteiger partial charge in [-0.05, 0) is 18.6 Å². The van der Waals surface area contributed by atoms with Gasteiger partial charge in [-0.2, -0.15) is 5.10 Å². The zero-order valence-corrected chi connectivity index (χ0v) is 9.88. The van der Waals surface area contributed by atoms with Crippen molar-refractivity contribution in [2.45, 2.75) is 12.5 Å². The third kappa shape index (κ3) is 1.92. The Morgan fingerprint density at radius 2 is 2.32 bits per heavy atom. The molecule has 0 saturated heterocycles. The number of aromatic carboxylic acids is 1. The number of rotatable bonds is 2. The molecule has 0 fully saturated rings. The molecule has 3 rings (SSSR count). The molecule has 2 aromatic rings. The molecule has 6 nitrogen and oxygen atoms in total. The van der Waals surface area contributed by atoms with Gasteiger partial charge in [0.05, 0.1) is 24.1 Å². The summed E-state index contributed by atoms with van der Waals surface area (Å²) < 4.78 is 14.5. The van der Waals surface area contributed by atoms with Gasteiger partial charge in [0.1, 0.15) is 17.2 Å². The Hall–Kier alpha value is -2.44. The van der Waals surface area contributed by atoms with Crippen molar-refractivity contribution in [1.29, 1.82) is 0 Å². The summed E-state index contributed by atoms with van der Waals surface area (Å²) in [6.45, 7) is 0.621. The normalized spacial score (nSPS) is 17.6. The summed E-state index contributed by atoms with van der Waals surface area (Å²) in [5, 5.41) is 16.2. The van der Waals surface area contributed by atoms with Crippen LogP contribution in [0.3, 0.4) is 0 Å². The maximum absolute atomic E-state index is 12.9. The number of carboxylic acids is 1. The fourth-order valence-corrected chi connectivity index (χ4v) is 2.24. The molecule has 1 atom stereocenters. The quantitative estimate of drug-likeness (QED) is 0.857. The number of carbonyl (C=O) groups is 1. The lowest BCUT2D eigenvalue weighted by molar-refractivity contribution is 0.0697. The Balaban J connectivity index is 2.03. The molecule has 0 aromatic carbocycles. The van der Waals surface area contributed by atoms with Crippen LogP contribution in [-0.4, -0.2) is 32.4 Å². The third-order valence-electron chi connectivity index (χ3n) is 3.12. The number of pyridine rings is 1. The first kappa shape index (κ1) is 11.6. The van der Waals surface area contributed by atoms with Crippen molar-refractivity contribution in [3.63, 3.8) is 0 Å². The minimum absolute atomic E-state index is 0.131. The van der Waals surface area contributed by atoms with Crippen molar-refractivity contribution < 1.29 is 14.3 Å². The zero-order chi connectivity index (χ0) is 13.4. The van der Waals surface area contributed by atoms with Crippen LogP contribution in [0.5, 0.6) is 0 Å². The molecule has 0 radical (unpaired) electrons. The van der Waals surface area contributed by atoms with Gasteiger partial charge in [-0.25, -0.2) is 13.9 Å². The lowest BCUT2D eigenvalue weighted by atomic mass is 10.1. The summed E-state index contributed by atoms with van der Waals surface area (Å²) in [7, 11) is 0. The van der Waals surface area contributed by atoms with E-state index in [9.17, 15) is 9.18 Å². The first-order chi connectivity index (χ1) is 9.16. The number of hydrogen-bond acceptors (Lipinski definition) is 4.